The molecule has 1 atom stereocenters. The normalized spacial score (nSPS) is 17.1. The molecule has 0 aliphatic carbocycles. The number of ether oxygens (including phenoxy) is 2. The summed E-state index contributed by atoms with van der Waals surface area (Å²) < 4.78 is 37.3. The number of benzene rings is 1. The van der Waals surface area contributed by atoms with Crippen molar-refractivity contribution in [1.29, 1.82) is 0 Å². The molecule has 0 N–H and O–H groups in total. The number of methoxy groups -OCH3 is 2. The molecule has 1 aliphatic rings. The smallest absolute Gasteiger partial charge is 0.252 e. The summed E-state index contributed by atoms with van der Waals surface area (Å²) in [7, 11) is 0.950. The quantitative estimate of drug-likeness (QED) is 0.683. The van der Waals surface area contributed by atoms with Crippen LogP contribution in [-0.2, 0) is 14.8 Å². The number of carbonyl (C=O) groups excluding carboxylic acids is 1. The summed E-state index contributed by atoms with van der Waals surface area (Å²) in [6.45, 7) is 0.375. The van der Waals surface area contributed by atoms with Crippen LogP contribution in [0.1, 0.15) is 24.4 Å². The minimum absolute atomic E-state index is 0.171. The van der Waals surface area contributed by atoms with E-state index in [0.29, 0.717) is 18.0 Å². The van der Waals surface area contributed by atoms with Gasteiger partial charge in [-0.3, -0.25) is 4.79 Å². The summed E-state index contributed by atoms with van der Waals surface area (Å²) in [6, 6.07) is 8.56. The van der Waals surface area contributed by atoms with Crippen molar-refractivity contribution in [2.45, 2.75) is 23.1 Å². The van der Waals surface area contributed by atoms with Gasteiger partial charge in [-0.1, -0.05) is 6.07 Å². The lowest BCUT2D eigenvalue weighted by Crippen LogP contribution is -2.40. The van der Waals surface area contributed by atoms with E-state index in [1.54, 1.807) is 36.6 Å². The van der Waals surface area contributed by atoms with Gasteiger partial charge in [0.05, 0.1) is 26.8 Å². The van der Waals surface area contributed by atoms with E-state index in [1.165, 1.54) is 7.05 Å². The van der Waals surface area contributed by atoms with E-state index in [0.717, 1.165) is 34.0 Å². The lowest BCUT2D eigenvalue weighted by Gasteiger charge is -2.28. The van der Waals surface area contributed by atoms with Crippen LogP contribution in [0.4, 0.5) is 0 Å². The lowest BCUT2D eigenvalue weighted by atomic mass is 10.0. The predicted octanol–water partition coefficient (Wildman–Crippen LogP) is 2.75. The Morgan fingerprint density at radius 3 is 2.71 bits per heavy atom. The molecular formula is C19H24N2O5S2. The SMILES string of the molecule is COc1ccc(OC)c(C2CCCN2C(=O)CN(C)S(=O)(=O)c2cccs2)c1. The number of rotatable bonds is 7. The molecule has 7 nitrogen and oxygen atoms in total. The highest BCUT2D eigenvalue weighted by atomic mass is 32.2. The molecule has 1 unspecified atom stereocenters. The number of amides is 1. The van der Waals surface area contributed by atoms with Gasteiger partial charge in [0.25, 0.3) is 10.0 Å². The first-order valence-corrected chi connectivity index (χ1v) is 11.2. The second kappa shape index (κ2) is 8.50. The van der Waals surface area contributed by atoms with Crippen LogP contribution in [0, 0.1) is 0 Å². The number of nitrogens with zero attached hydrogens (tertiary/aromatic N) is 2. The van der Waals surface area contributed by atoms with Crippen molar-refractivity contribution in [3.05, 3.63) is 41.3 Å². The van der Waals surface area contributed by atoms with Crippen molar-refractivity contribution in [3.63, 3.8) is 0 Å². The Balaban J connectivity index is 1.80. The Bertz CT molecular complexity index is 928. The van der Waals surface area contributed by atoms with E-state index in [9.17, 15) is 13.2 Å². The number of likely N-dealkylation sites (N-methyl/N-ethyl adjacent to an activating group) is 1. The maximum atomic E-state index is 13.0. The van der Waals surface area contributed by atoms with E-state index in [-0.39, 0.29) is 22.7 Å². The highest BCUT2D eigenvalue weighted by Crippen LogP contribution is 2.39. The fraction of sp³-hybridized carbons (Fsp3) is 0.421. The van der Waals surface area contributed by atoms with Gasteiger partial charge in [0.15, 0.2) is 0 Å². The van der Waals surface area contributed by atoms with Gasteiger partial charge in [0.1, 0.15) is 15.7 Å². The summed E-state index contributed by atoms with van der Waals surface area (Å²) >= 11 is 1.14. The fourth-order valence-electron chi connectivity index (χ4n) is 3.42. The zero-order chi connectivity index (χ0) is 20.3. The number of carbonyl (C=O) groups is 1. The maximum Gasteiger partial charge on any atom is 0.252 e. The highest BCUT2D eigenvalue weighted by molar-refractivity contribution is 7.91. The third kappa shape index (κ3) is 4.01. The van der Waals surface area contributed by atoms with Crippen molar-refractivity contribution in [3.8, 4) is 11.5 Å². The largest absolute Gasteiger partial charge is 0.497 e. The first kappa shape index (κ1) is 20.6. The molecule has 1 fully saturated rings. The maximum absolute atomic E-state index is 13.0. The monoisotopic (exact) mass is 424 g/mol. The fourth-order valence-corrected chi connectivity index (χ4v) is 5.74. The molecule has 0 saturated carbocycles. The summed E-state index contributed by atoms with van der Waals surface area (Å²) in [6.07, 6.45) is 1.63. The molecule has 1 amide bonds. The van der Waals surface area contributed by atoms with Crippen LogP contribution in [0.2, 0.25) is 0 Å². The van der Waals surface area contributed by atoms with Crippen molar-refractivity contribution >= 4 is 27.3 Å². The number of hydrogen-bond acceptors (Lipinski definition) is 6. The molecule has 1 aliphatic heterocycles. The Morgan fingerprint density at radius 2 is 2.07 bits per heavy atom. The van der Waals surface area contributed by atoms with Gasteiger partial charge < -0.3 is 14.4 Å². The zero-order valence-electron chi connectivity index (χ0n) is 16.1. The first-order chi connectivity index (χ1) is 13.4. The van der Waals surface area contributed by atoms with E-state index < -0.39 is 10.0 Å². The molecular weight excluding hydrogens is 400 g/mol. The Labute approximate surface area is 169 Å². The van der Waals surface area contributed by atoms with Crippen LogP contribution in [0.25, 0.3) is 0 Å². The Kier molecular flexibility index (Phi) is 6.26. The van der Waals surface area contributed by atoms with Crippen LogP contribution in [0.15, 0.2) is 39.9 Å². The first-order valence-electron chi connectivity index (χ1n) is 8.89. The summed E-state index contributed by atoms with van der Waals surface area (Å²) in [4.78, 5) is 14.7. The van der Waals surface area contributed by atoms with Crippen molar-refractivity contribution < 1.29 is 22.7 Å². The van der Waals surface area contributed by atoms with Crippen LogP contribution in [0.3, 0.4) is 0 Å². The van der Waals surface area contributed by atoms with Crippen LogP contribution in [-0.4, -0.2) is 57.9 Å². The molecule has 2 heterocycles. The number of hydrogen-bond donors (Lipinski definition) is 0. The van der Waals surface area contributed by atoms with Gasteiger partial charge in [-0.05, 0) is 42.5 Å². The molecule has 28 heavy (non-hydrogen) atoms. The van der Waals surface area contributed by atoms with Crippen molar-refractivity contribution in [2.75, 3.05) is 34.4 Å². The van der Waals surface area contributed by atoms with E-state index in [1.807, 2.05) is 18.2 Å². The van der Waals surface area contributed by atoms with Gasteiger partial charge in [-0.2, -0.15) is 4.31 Å². The Hall–Kier alpha value is -2.10. The molecule has 152 valence electrons. The van der Waals surface area contributed by atoms with Gasteiger partial charge >= 0.3 is 0 Å². The second-order valence-electron chi connectivity index (χ2n) is 6.55. The lowest BCUT2D eigenvalue weighted by molar-refractivity contribution is -0.132. The van der Waals surface area contributed by atoms with Gasteiger partial charge in [-0.25, -0.2) is 8.42 Å². The van der Waals surface area contributed by atoms with Crippen LogP contribution < -0.4 is 9.47 Å². The topological polar surface area (TPSA) is 76.2 Å². The standard InChI is InChI=1S/C19H24N2O5S2/c1-20(28(23,24)19-7-5-11-27-19)13-18(22)21-10-4-6-16(21)15-12-14(25-2)8-9-17(15)26-3/h5,7-9,11-12,16H,4,6,10,13H2,1-3H3. The summed E-state index contributed by atoms with van der Waals surface area (Å²) in [5, 5.41) is 1.70. The molecule has 9 heteroatoms. The van der Waals surface area contributed by atoms with E-state index in [2.05, 4.69) is 0 Å². The average molecular weight is 425 g/mol. The molecule has 0 radical (unpaired) electrons. The minimum Gasteiger partial charge on any atom is -0.497 e. The molecule has 0 spiro atoms. The van der Waals surface area contributed by atoms with Crippen molar-refractivity contribution in [1.82, 2.24) is 9.21 Å². The summed E-state index contributed by atoms with van der Waals surface area (Å²) in [5.41, 5.74) is 0.872. The van der Waals surface area contributed by atoms with Gasteiger partial charge in [-0.15, -0.1) is 11.3 Å². The van der Waals surface area contributed by atoms with Gasteiger partial charge in [0, 0.05) is 19.2 Å². The number of sulfonamides is 1. The van der Waals surface area contributed by atoms with Gasteiger partial charge in [0.2, 0.25) is 5.91 Å². The average Bonchev–Trinajstić information content (AvgIpc) is 3.39. The molecule has 1 saturated heterocycles. The van der Waals surface area contributed by atoms with Crippen molar-refractivity contribution in [2.24, 2.45) is 0 Å². The molecule has 3 rings (SSSR count). The third-order valence-electron chi connectivity index (χ3n) is 4.89. The molecule has 1 aromatic carbocycles. The highest BCUT2D eigenvalue weighted by Gasteiger charge is 2.34. The third-order valence-corrected chi connectivity index (χ3v) is 8.06. The minimum atomic E-state index is -3.67. The Morgan fingerprint density at radius 1 is 1.29 bits per heavy atom. The predicted molar refractivity (Wildman–Crippen MR) is 107 cm³/mol. The number of likely N-dealkylation sites (tertiary alicyclic amines) is 1. The van der Waals surface area contributed by atoms with Crippen LogP contribution >= 0.6 is 11.3 Å². The molecule has 2 aromatic rings. The second-order valence-corrected chi connectivity index (χ2v) is 9.77. The van der Waals surface area contributed by atoms with E-state index in [4.69, 9.17) is 9.47 Å². The van der Waals surface area contributed by atoms with E-state index >= 15 is 0 Å². The zero-order valence-corrected chi connectivity index (χ0v) is 17.8. The summed E-state index contributed by atoms with van der Waals surface area (Å²) in [5.74, 6) is 1.15. The number of thiophene rings is 1. The molecule has 0 bridgehead atoms. The van der Waals surface area contributed by atoms with Crippen LogP contribution in [0.5, 0.6) is 11.5 Å². The molecule has 1 aromatic heterocycles.